The summed E-state index contributed by atoms with van der Waals surface area (Å²) in [5, 5.41) is 3.34. The highest BCUT2D eigenvalue weighted by Crippen LogP contribution is 2.40. The van der Waals surface area contributed by atoms with Gasteiger partial charge in [0.2, 0.25) is 5.88 Å². The van der Waals surface area contributed by atoms with E-state index in [1.165, 1.54) is 25.7 Å². The van der Waals surface area contributed by atoms with Crippen LogP contribution in [0.15, 0.2) is 0 Å². The molecule has 1 aromatic heterocycles. The van der Waals surface area contributed by atoms with Crippen molar-refractivity contribution in [3.05, 3.63) is 5.82 Å². The molecule has 5 nitrogen and oxygen atoms in total. The number of ether oxygens (including phenoxy) is 1. The minimum atomic E-state index is 0.449. The quantitative estimate of drug-likeness (QED) is 0.681. The Labute approximate surface area is 127 Å². The molecule has 21 heavy (non-hydrogen) atoms. The van der Waals surface area contributed by atoms with E-state index in [2.05, 4.69) is 36.1 Å². The lowest BCUT2D eigenvalue weighted by Gasteiger charge is -2.15. The highest BCUT2D eigenvalue weighted by Gasteiger charge is 2.28. The fourth-order valence-corrected chi connectivity index (χ4v) is 2.06. The molecule has 5 heteroatoms. The smallest absolute Gasteiger partial charge is 0.242 e. The zero-order valence-electron chi connectivity index (χ0n) is 13.5. The first-order valence-corrected chi connectivity index (χ1v) is 8.15. The third-order valence-electron chi connectivity index (χ3n) is 3.50. The van der Waals surface area contributed by atoms with Gasteiger partial charge in [-0.3, -0.25) is 0 Å². The van der Waals surface area contributed by atoms with Gasteiger partial charge in [0.15, 0.2) is 5.82 Å². The largest absolute Gasteiger partial charge is 0.476 e. The maximum Gasteiger partial charge on any atom is 0.242 e. The second kappa shape index (κ2) is 7.48. The number of unbranched alkanes of at least 4 members (excludes halogenated alkanes) is 2. The summed E-state index contributed by atoms with van der Waals surface area (Å²) in [7, 11) is 0. The molecule has 0 radical (unpaired) electrons. The molecule has 0 atom stereocenters. The van der Waals surface area contributed by atoms with Gasteiger partial charge in [0.25, 0.3) is 0 Å². The minimum Gasteiger partial charge on any atom is -0.476 e. The van der Waals surface area contributed by atoms with E-state index in [1.807, 2.05) is 0 Å². The molecule has 0 aliphatic heterocycles. The number of nitrogens with zero attached hydrogens (tertiary/aromatic N) is 2. The second-order valence-corrected chi connectivity index (χ2v) is 6.26. The van der Waals surface area contributed by atoms with Crippen LogP contribution in [0.3, 0.4) is 0 Å². The number of nitrogens with two attached hydrogens (primary N) is 1. The van der Waals surface area contributed by atoms with E-state index in [1.54, 1.807) is 0 Å². The lowest BCUT2D eigenvalue weighted by Crippen LogP contribution is -2.13. The van der Waals surface area contributed by atoms with Crippen LogP contribution in [-0.2, 0) is 0 Å². The van der Waals surface area contributed by atoms with E-state index < -0.39 is 0 Å². The molecule has 1 aliphatic rings. The predicted molar refractivity (Wildman–Crippen MR) is 86.8 cm³/mol. The Hall–Kier alpha value is -1.52. The van der Waals surface area contributed by atoms with Crippen LogP contribution in [-0.4, -0.2) is 23.1 Å². The molecule has 1 heterocycles. The van der Waals surface area contributed by atoms with Crippen molar-refractivity contribution >= 4 is 11.5 Å². The van der Waals surface area contributed by atoms with Gasteiger partial charge >= 0.3 is 0 Å². The summed E-state index contributed by atoms with van der Waals surface area (Å²) >= 11 is 0. The molecule has 118 valence electrons. The average molecular weight is 292 g/mol. The first-order chi connectivity index (χ1) is 10.1. The molecular formula is C16H28N4O. The number of rotatable bonds is 9. The molecule has 0 aromatic carbocycles. The molecule has 1 saturated carbocycles. The van der Waals surface area contributed by atoms with Crippen LogP contribution in [0.2, 0.25) is 0 Å². The van der Waals surface area contributed by atoms with Crippen molar-refractivity contribution < 1.29 is 4.74 Å². The lowest BCUT2D eigenvalue weighted by atomic mass is 10.2. The third-order valence-corrected chi connectivity index (χ3v) is 3.50. The van der Waals surface area contributed by atoms with E-state index in [9.17, 15) is 0 Å². The monoisotopic (exact) mass is 292 g/mol. The van der Waals surface area contributed by atoms with Crippen LogP contribution in [0.4, 0.5) is 11.5 Å². The highest BCUT2D eigenvalue weighted by molar-refractivity contribution is 5.67. The molecule has 1 aliphatic carbocycles. The Morgan fingerprint density at radius 1 is 1.29 bits per heavy atom. The van der Waals surface area contributed by atoms with Gasteiger partial charge in [0.05, 0.1) is 6.61 Å². The van der Waals surface area contributed by atoms with Gasteiger partial charge in [-0.1, -0.05) is 33.6 Å². The van der Waals surface area contributed by atoms with Gasteiger partial charge in [0, 0.05) is 12.5 Å². The van der Waals surface area contributed by atoms with Crippen molar-refractivity contribution in [3.8, 4) is 5.88 Å². The van der Waals surface area contributed by atoms with Crippen LogP contribution in [0.1, 0.15) is 64.6 Å². The van der Waals surface area contributed by atoms with Crippen LogP contribution in [0.5, 0.6) is 5.88 Å². The summed E-state index contributed by atoms with van der Waals surface area (Å²) < 4.78 is 5.77. The Kier molecular flexibility index (Phi) is 5.65. The third kappa shape index (κ3) is 4.76. The fraction of sp³-hybridized carbons (Fsp3) is 0.750. The van der Waals surface area contributed by atoms with Gasteiger partial charge < -0.3 is 15.8 Å². The summed E-state index contributed by atoms with van der Waals surface area (Å²) in [5.41, 5.74) is 6.70. The highest BCUT2D eigenvalue weighted by atomic mass is 16.5. The van der Waals surface area contributed by atoms with Gasteiger partial charge in [0.1, 0.15) is 11.5 Å². The maximum absolute atomic E-state index is 6.16. The van der Waals surface area contributed by atoms with Gasteiger partial charge in [-0.15, -0.1) is 0 Å². The Morgan fingerprint density at radius 2 is 2.05 bits per heavy atom. The summed E-state index contributed by atoms with van der Waals surface area (Å²) in [6, 6.07) is 0. The normalized spacial score (nSPS) is 14.5. The summed E-state index contributed by atoms with van der Waals surface area (Å²) in [4.78, 5) is 9.11. The average Bonchev–Trinajstić information content (AvgIpc) is 3.28. The molecule has 0 spiro atoms. The molecular weight excluding hydrogens is 264 g/mol. The molecule has 1 aromatic rings. The van der Waals surface area contributed by atoms with E-state index in [4.69, 9.17) is 10.5 Å². The summed E-state index contributed by atoms with van der Waals surface area (Å²) in [6.07, 6.45) is 5.88. The van der Waals surface area contributed by atoms with Crippen molar-refractivity contribution in [1.82, 2.24) is 9.97 Å². The van der Waals surface area contributed by atoms with Crippen molar-refractivity contribution in [2.24, 2.45) is 5.92 Å². The first-order valence-electron chi connectivity index (χ1n) is 8.15. The number of nitrogens with one attached hydrogen (secondary N) is 1. The Bertz CT molecular complexity index is 458. The number of hydrogen-bond acceptors (Lipinski definition) is 5. The number of anilines is 2. The van der Waals surface area contributed by atoms with E-state index in [0.717, 1.165) is 24.6 Å². The number of aromatic nitrogens is 2. The van der Waals surface area contributed by atoms with Gasteiger partial charge in [-0.05, 0) is 25.2 Å². The lowest BCUT2D eigenvalue weighted by molar-refractivity contribution is 0.262. The first kappa shape index (κ1) is 15.9. The molecule has 3 N–H and O–H groups in total. The zero-order chi connectivity index (χ0) is 15.2. The molecule has 0 saturated heterocycles. The summed E-state index contributed by atoms with van der Waals surface area (Å²) in [6.45, 7) is 7.94. The van der Waals surface area contributed by atoms with Crippen molar-refractivity contribution in [1.29, 1.82) is 0 Å². The van der Waals surface area contributed by atoms with E-state index in [0.29, 0.717) is 30.0 Å². The fourth-order valence-electron chi connectivity index (χ4n) is 2.06. The molecule has 0 amide bonds. The maximum atomic E-state index is 6.16. The standard InChI is InChI=1S/C16H28N4O/c1-4-5-6-9-18-15-13(17)16(21-10-11(2)3)20-14(19-15)12-7-8-12/h11-12H,4-10,17H2,1-3H3,(H,18,19,20). The Balaban J connectivity index is 2.09. The number of hydrogen-bond donors (Lipinski definition) is 2. The van der Waals surface area contributed by atoms with Crippen molar-refractivity contribution in [3.63, 3.8) is 0 Å². The van der Waals surface area contributed by atoms with Crippen molar-refractivity contribution in [2.75, 3.05) is 24.2 Å². The van der Waals surface area contributed by atoms with Gasteiger partial charge in [-0.2, -0.15) is 4.98 Å². The predicted octanol–water partition coefficient (Wildman–Crippen LogP) is 3.57. The molecule has 1 fully saturated rings. The molecule has 2 rings (SSSR count). The van der Waals surface area contributed by atoms with Gasteiger partial charge in [-0.25, -0.2) is 4.98 Å². The topological polar surface area (TPSA) is 73.1 Å². The van der Waals surface area contributed by atoms with E-state index >= 15 is 0 Å². The number of nitrogen functional groups attached to an aromatic ring is 1. The SMILES string of the molecule is CCCCCNc1nc(C2CC2)nc(OCC(C)C)c1N. The molecule has 0 unspecified atom stereocenters. The van der Waals surface area contributed by atoms with Crippen molar-refractivity contribution in [2.45, 2.75) is 58.8 Å². The molecule has 0 bridgehead atoms. The van der Waals surface area contributed by atoms with Crippen LogP contribution in [0, 0.1) is 5.92 Å². The van der Waals surface area contributed by atoms with Crippen LogP contribution >= 0.6 is 0 Å². The summed E-state index contributed by atoms with van der Waals surface area (Å²) in [5.74, 6) is 3.09. The van der Waals surface area contributed by atoms with E-state index in [-0.39, 0.29) is 0 Å². The second-order valence-electron chi connectivity index (χ2n) is 6.26. The van der Waals surface area contributed by atoms with Crippen LogP contribution in [0.25, 0.3) is 0 Å². The zero-order valence-corrected chi connectivity index (χ0v) is 13.5. The minimum absolute atomic E-state index is 0.449. The Morgan fingerprint density at radius 3 is 2.67 bits per heavy atom. The van der Waals surface area contributed by atoms with Crippen LogP contribution < -0.4 is 15.8 Å².